The lowest BCUT2D eigenvalue weighted by Crippen LogP contribution is -1.62. The molecule has 0 bridgehead atoms. The molecule has 0 aromatic carbocycles. The standard InChI is InChI=1S/C7H10S3/c1-5-6(8-2)4-7(9-3)10-5/h4H,1-3H3. The smallest absolute Gasteiger partial charge is 0.0610 e. The minimum Gasteiger partial charge on any atom is -0.133 e. The summed E-state index contributed by atoms with van der Waals surface area (Å²) in [5.41, 5.74) is 0. The van der Waals surface area contributed by atoms with Gasteiger partial charge in [0.05, 0.1) is 4.21 Å². The van der Waals surface area contributed by atoms with Crippen LogP contribution >= 0.6 is 34.9 Å². The number of rotatable bonds is 2. The van der Waals surface area contributed by atoms with Crippen LogP contribution in [0.25, 0.3) is 0 Å². The summed E-state index contributed by atoms with van der Waals surface area (Å²) in [7, 11) is 0. The van der Waals surface area contributed by atoms with E-state index in [2.05, 4.69) is 25.5 Å². The number of hydrogen-bond acceptors (Lipinski definition) is 3. The SMILES string of the molecule is CSc1cc(SC)c(C)s1. The van der Waals surface area contributed by atoms with Crippen LogP contribution < -0.4 is 0 Å². The summed E-state index contributed by atoms with van der Waals surface area (Å²) >= 11 is 5.53. The van der Waals surface area contributed by atoms with Crippen LogP contribution in [0.1, 0.15) is 4.88 Å². The maximum absolute atomic E-state index is 2.26. The Hall–Kier alpha value is 0.400. The van der Waals surface area contributed by atoms with Crippen LogP contribution in [-0.4, -0.2) is 12.5 Å². The molecule has 0 N–H and O–H groups in total. The molecule has 0 spiro atoms. The number of hydrogen-bond donors (Lipinski definition) is 0. The average molecular weight is 190 g/mol. The predicted octanol–water partition coefficient (Wildman–Crippen LogP) is 3.50. The van der Waals surface area contributed by atoms with Crippen molar-refractivity contribution in [3.8, 4) is 0 Å². The molecule has 0 nitrogen and oxygen atoms in total. The second-order valence-corrected chi connectivity index (χ2v) is 5.11. The minimum atomic E-state index is 1.42. The third-order valence-corrected chi connectivity index (χ3v) is 4.38. The molecule has 0 radical (unpaired) electrons. The molecule has 0 saturated carbocycles. The van der Waals surface area contributed by atoms with Crippen molar-refractivity contribution in [2.24, 2.45) is 0 Å². The Labute approximate surface area is 74.4 Å². The molecule has 10 heavy (non-hydrogen) atoms. The van der Waals surface area contributed by atoms with Gasteiger partial charge in [-0.15, -0.1) is 34.9 Å². The molecule has 0 amide bonds. The molecule has 0 aliphatic rings. The largest absolute Gasteiger partial charge is 0.133 e. The van der Waals surface area contributed by atoms with Gasteiger partial charge in [-0.3, -0.25) is 0 Å². The first-order chi connectivity index (χ1) is 4.77. The van der Waals surface area contributed by atoms with Crippen LogP contribution in [0.4, 0.5) is 0 Å². The van der Waals surface area contributed by atoms with Crippen molar-refractivity contribution in [3.63, 3.8) is 0 Å². The fraction of sp³-hybridized carbons (Fsp3) is 0.429. The van der Waals surface area contributed by atoms with Crippen LogP contribution in [0.2, 0.25) is 0 Å². The maximum Gasteiger partial charge on any atom is 0.0610 e. The molecule has 1 aromatic heterocycles. The zero-order chi connectivity index (χ0) is 7.56. The predicted molar refractivity (Wildman–Crippen MR) is 52.6 cm³/mol. The van der Waals surface area contributed by atoms with E-state index in [9.17, 15) is 0 Å². The highest BCUT2D eigenvalue weighted by Crippen LogP contribution is 2.33. The number of aryl methyl sites for hydroxylation is 1. The van der Waals surface area contributed by atoms with Crippen molar-refractivity contribution < 1.29 is 0 Å². The van der Waals surface area contributed by atoms with Crippen LogP contribution in [0, 0.1) is 6.92 Å². The molecule has 0 atom stereocenters. The van der Waals surface area contributed by atoms with Crippen molar-refractivity contribution in [1.82, 2.24) is 0 Å². The molecule has 0 aliphatic heterocycles. The molecule has 1 aromatic rings. The Bertz CT molecular complexity index is 215. The van der Waals surface area contributed by atoms with E-state index in [0.717, 1.165) is 0 Å². The topological polar surface area (TPSA) is 0 Å². The van der Waals surface area contributed by atoms with Crippen LogP contribution in [0.5, 0.6) is 0 Å². The Morgan fingerprint density at radius 3 is 2.30 bits per heavy atom. The van der Waals surface area contributed by atoms with E-state index < -0.39 is 0 Å². The fourth-order valence-corrected chi connectivity index (χ4v) is 3.37. The van der Waals surface area contributed by atoms with Crippen molar-refractivity contribution in [3.05, 3.63) is 10.9 Å². The number of thioether (sulfide) groups is 2. The van der Waals surface area contributed by atoms with Gasteiger partial charge in [0, 0.05) is 9.77 Å². The fourth-order valence-electron chi connectivity index (χ4n) is 0.743. The first-order valence-electron chi connectivity index (χ1n) is 2.96. The van der Waals surface area contributed by atoms with Gasteiger partial charge in [-0.25, -0.2) is 0 Å². The second kappa shape index (κ2) is 3.69. The molecular formula is C7H10S3. The lowest BCUT2D eigenvalue weighted by atomic mass is 10.5. The molecule has 1 heterocycles. The summed E-state index contributed by atoms with van der Waals surface area (Å²) in [6.45, 7) is 2.18. The lowest BCUT2D eigenvalue weighted by Gasteiger charge is -1.87. The van der Waals surface area contributed by atoms with E-state index in [-0.39, 0.29) is 0 Å². The Kier molecular flexibility index (Phi) is 3.14. The molecule has 0 saturated heterocycles. The third kappa shape index (κ3) is 1.71. The van der Waals surface area contributed by atoms with Crippen molar-refractivity contribution in [2.75, 3.05) is 12.5 Å². The van der Waals surface area contributed by atoms with Gasteiger partial charge in [0.1, 0.15) is 0 Å². The monoisotopic (exact) mass is 190 g/mol. The molecule has 3 heteroatoms. The normalized spacial score (nSPS) is 10.3. The van der Waals surface area contributed by atoms with Crippen LogP contribution in [-0.2, 0) is 0 Å². The zero-order valence-corrected chi connectivity index (χ0v) is 8.75. The average Bonchev–Trinajstić information content (AvgIpc) is 2.30. The van der Waals surface area contributed by atoms with Gasteiger partial charge in [-0.1, -0.05) is 0 Å². The Morgan fingerprint density at radius 2 is 2.00 bits per heavy atom. The van der Waals surface area contributed by atoms with Gasteiger partial charge >= 0.3 is 0 Å². The van der Waals surface area contributed by atoms with Crippen molar-refractivity contribution in [2.45, 2.75) is 16.0 Å². The molecule has 0 fully saturated rings. The maximum atomic E-state index is 2.26. The Morgan fingerprint density at radius 1 is 1.30 bits per heavy atom. The van der Waals surface area contributed by atoms with Crippen molar-refractivity contribution >= 4 is 34.9 Å². The number of thiophene rings is 1. The highest BCUT2D eigenvalue weighted by molar-refractivity contribution is 8.01. The van der Waals surface area contributed by atoms with Gasteiger partial charge in [-0.2, -0.15) is 0 Å². The molecule has 1 rings (SSSR count). The van der Waals surface area contributed by atoms with Crippen LogP contribution in [0.15, 0.2) is 15.2 Å². The van der Waals surface area contributed by atoms with Gasteiger partial charge in [-0.05, 0) is 25.5 Å². The minimum absolute atomic E-state index is 1.42. The summed E-state index contributed by atoms with van der Waals surface area (Å²) in [4.78, 5) is 2.87. The van der Waals surface area contributed by atoms with Gasteiger partial charge in [0.15, 0.2) is 0 Å². The van der Waals surface area contributed by atoms with E-state index in [1.807, 2.05) is 34.9 Å². The molecular weight excluding hydrogens is 180 g/mol. The molecule has 56 valence electrons. The van der Waals surface area contributed by atoms with Crippen molar-refractivity contribution in [1.29, 1.82) is 0 Å². The lowest BCUT2D eigenvalue weighted by molar-refractivity contribution is 1.41. The highest BCUT2D eigenvalue weighted by atomic mass is 32.2. The van der Waals surface area contributed by atoms with E-state index >= 15 is 0 Å². The summed E-state index contributed by atoms with van der Waals surface area (Å²) in [6.07, 6.45) is 4.24. The van der Waals surface area contributed by atoms with Gasteiger partial charge in [0.25, 0.3) is 0 Å². The molecule has 0 aliphatic carbocycles. The van der Waals surface area contributed by atoms with Gasteiger partial charge in [0.2, 0.25) is 0 Å². The Balaban J connectivity index is 2.92. The van der Waals surface area contributed by atoms with E-state index in [0.29, 0.717) is 0 Å². The summed E-state index contributed by atoms with van der Waals surface area (Å²) in [5.74, 6) is 0. The summed E-state index contributed by atoms with van der Waals surface area (Å²) < 4.78 is 1.42. The second-order valence-electron chi connectivity index (χ2n) is 1.89. The first kappa shape index (κ1) is 8.50. The highest BCUT2D eigenvalue weighted by Gasteiger charge is 2.01. The van der Waals surface area contributed by atoms with E-state index in [4.69, 9.17) is 0 Å². The summed E-state index contributed by atoms with van der Waals surface area (Å²) in [6, 6.07) is 2.26. The van der Waals surface area contributed by atoms with Crippen LogP contribution in [0.3, 0.4) is 0 Å². The summed E-state index contributed by atoms with van der Waals surface area (Å²) in [5, 5.41) is 0. The quantitative estimate of drug-likeness (QED) is 0.655. The molecule has 0 unspecified atom stereocenters. The van der Waals surface area contributed by atoms with E-state index in [1.54, 1.807) is 0 Å². The third-order valence-electron chi connectivity index (χ3n) is 1.27. The van der Waals surface area contributed by atoms with E-state index in [1.165, 1.54) is 14.0 Å². The first-order valence-corrected chi connectivity index (χ1v) is 6.23. The zero-order valence-electron chi connectivity index (χ0n) is 6.30. The van der Waals surface area contributed by atoms with Gasteiger partial charge < -0.3 is 0 Å².